The Kier molecular flexibility index (Phi) is 7.48. The van der Waals surface area contributed by atoms with Gasteiger partial charge in [-0.25, -0.2) is 8.78 Å². The number of hydrogen-bond acceptors (Lipinski definition) is 2. The number of benzene rings is 2. The number of carbonyl (C=O) groups is 2. The number of likely N-dealkylation sites (N-methyl/N-ethyl adjacent to an activating group) is 1. The number of rotatable bonds is 7. The zero-order valence-corrected chi connectivity index (χ0v) is 17.1. The topological polar surface area (TPSA) is 58.3 Å². The molecule has 0 saturated carbocycles. The van der Waals surface area contributed by atoms with Crippen LogP contribution in [-0.2, 0) is 16.1 Å². The van der Waals surface area contributed by atoms with Crippen molar-refractivity contribution in [1.82, 2.24) is 4.90 Å². The molecule has 2 amide bonds. The molecule has 160 valence electrons. The molecule has 1 heterocycles. The fourth-order valence-electron chi connectivity index (χ4n) is 3.61. The van der Waals surface area contributed by atoms with Crippen molar-refractivity contribution in [2.75, 3.05) is 51.6 Å². The van der Waals surface area contributed by atoms with E-state index in [1.54, 1.807) is 36.2 Å². The first-order valence-corrected chi connectivity index (χ1v) is 10.1. The standard InChI is InChI=1S/C22H26F2N4O2/c1-26(14-17-5-7-18(23)8-6-17)22(30)16-28-11-9-27(10-12-28)15-21(29)25-20-4-2-3-19(24)13-20/h2-8,13H,9-12,14-16H2,1H3,(H,25,29)/p+2. The predicted octanol–water partition coefficient (Wildman–Crippen LogP) is -0.655. The lowest BCUT2D eigenvalue weighted by molar-refractivity contribution is -1.00. The smallest absolute Gasteiger partial charge is 0.279 e. The molecule has 0 spiro atoms. The van der Waals surface area contributed by atoms with Gasteiger partial charge in [-0.1, -0.05) is 18.2 Å². The third-order valence-electron chi connectivity index (χ3n) is 5.34. The van der Waals surface area contributed by atoms with Gasteiger partial charge >= 0.3 is 0 Å². The number of anilines is 1. The van der Waals surface area contributed by atoms with E-state index in [-0.39, 0.29) is 23.4 Å². The van der Waals surface area contributed by atoms with Gasteiger partial charge in [0, 0.05) is 19.3 Å². The third-order valence-corrected chi connectivity index (χ3v) is 5.34. The summed E-state index contributed by atoms with van der Waals surface area (Å²) in [4.78, 5) is 28.7. The molecule has 0 bridgehead atoms. The Labute approximate surface area is 175 Å². The second kappa shape index (κ2) is 10.3. The van der Waals surface area contributed by atoms with Gasteiger partial charge in [-0.2, -0.15) is 0 Å². The summed E-state index contributed by atoms with van der Waals surface area (Å²) >= 11 is 0. The van der Waals surface area contributed by atoms with Crippen LogP contribution in [0, 0.1) is 11.6 Å². The largest absolute Gasteiger partial charge is 0.337 e. The molecule has 0 radical (unpaired) electrons. The Hall–Kier alpha value is -2.84. The van der Waals surface area contributed by atoms with Crippen molar-refractivity contribution < 1.29 is 28.2 Å². The molecule has 1 fully saturated rings. The highest BCUT2D eigenvalue weighted by atomic mass is 19.1. The Morgan fingerprint density at radius 1 is 0.933 bits per heavy atom. The van der Waals surface area contributed by atoms with Crippen molar-refractivity contribution >= 4 is 17.5 Å². The maximum atomic E-state index is 13.2. The van der Waals surface area contributed by atoms with Gasteiger partial charge in [0.05, 0.1) is 0 Å². The monoisotopic (exact) mass is 418 g/mol. The van der Waals surface area contributed by atoms with Gasteiger partial charge in [-0.15, -0.1) is 0 Å². The Morgan fingerprint density at radius 2 is 1.57 bits per heavy atom. The van der Waals surface area contributed by atoms with E-state index in [4.69, 9.17) is 0 Å². The highest BCUT2D eigenvalue weighted by molar-refractivity contribution is 5.91. The second-order valence-electron chi connectivity index (χ2n) is 7.79. The van der Waals surface area contributed by atoms with Gasteiger partial charge in [0.15, 0.2) is 13.1 Å². The summed E-state index contributed by atoms with van der Waals surface area (Å²) in [7, 11) is 1.75. The van der Waals surface area contributed by atoms with Gasteiger partial charge in [-0.05, 0) is 35.9 Å². The molecule has 8 heteroatoms. The minimum Gasteiger partial charge on any atom is -0.337 e. The zero-order valence-electron chi connectivity index (χ0n) is 17.1. The molecular formula is C22H28F2N4O2+2. The summed E-state index contributed by atoms with van der Waals surface area (Å²) in [6.45, 7) is 4.37. The molecule has 1 aliphatic heterocycles. The average Bonchev–Trinajstić information content (AvgIpc) is 2.71. The molecule has 0 aliphatic carbocycles. The zero-order chi connectivity index (χ0) is 21.5. The number of halogens is 2. The summed E-state index contributed by atoms with van der Waals surface area (Å²) in [6.07, 6.45) is 0. The van der Waals surface area contributed by atoms with E-state index >= 15 is 0 Å². The molecule has 3 N–H and O–H groups in total. The number of quaternary nitrogens is 2. The van der Waals surface area contributed by atoms with E-state index in [1.165, 1.54) is 29.2 Å². The van der Waals surface area contributed by atoms with Crippen molar-refractivity contribution in [3.05, 3.63) is 65.7 Å². The van der Waals surface area contributed by atoms with Crippen molar-refractivity contribution in [3.8, 4) is 0 Å². The fourth-order valence-corrected chi connectivity index (χ4v) is 3.61. The summed E-state index contributed by atoms with van der Waals surface area (Å²) < 4.78 is 26.2. The number of amides is 2. The molecule has 1 aliphatic rings. The predicted molar refractivity (Wildman–Crippen MR) is 109 cm³/mol. The van der Waals surface area contributed by atoms with Gasteiger partial charge in [0.2, 0.25) is 0 Å². The van der Waals surface area contributed by atoms with Gasteiger partial charge in [0.1, 0.15) is 37.8 Å². The van der Waals surface area contributed by atoms with E-state index < -0.39 is 0 Å². The first-order chi connectivity index (χ1) is 14.4. The first kappa shape index (κ1) is 21.9. The minimum atomic E-state index is -0.383. The molecule has 0 atom stereocenters. The molecular weight excluding hydrogens is 390 g/mol. The highest BCUT2D eigenvalue weighted by Crippen LogP contribution is 2.08. The van der Waals surface area contributed by atoms with Crippen molar-refractivity contribution in [2.45, 2.75) is 6.54 Å². The summed E-state index contributed by atoms with van der Waals surface area (Å²) in [5.74, 6) is -0.774. The van der Waals surface area contributed by atoms with Gasteiger partial charge in [0.25, 0.3) is 11.8 Å². The van der Waals surface area contributed by atoms with E-state index in [0.29, 0.717) is 25.3 Å². The van der Waals surface area contributed by atoms with Crippen LogP contribution in [0.15, 0.2) is 48.5 Å². The Balaban J connectivity index is 1.38. The van der Waals surface area contributed by atoms with Crippen LogP contribution in [-0.4, -0.2) is 63.0 Å². The van der Waals surface area contributed by atoms with Crippen LogP contribution < -0.4 is 15.1 Å². The fraction of sp³-hybridized carbons (Fsp3) is 0.364. The normalized spacial score (nSPS) is 18.6. The van der Waals surface area contributed by atoms with Crippen molar-refractivity contribution in [3.63, 3.8) is 0 Å². The average molecular weight is 418 g/mol. The molecule has 0 unspecified atom stereocenters. The lowest BCUT2D eigenvalue weighted by Gasteiger charge is -2.30. The maximum absolute atomic E-state index is 13.2. The number of hydrogen-bond donors (Lipinski definition) is 3. The molecule has 2 aromatic rings. The van der Waals surface area contributed by atoms with Crippen molar-refractivity contribution in [1.29, 1.82) is 0 Å². The van der Waals surface area contributed by atoms with Crippen LogP contribution in [0.3, 0.4) is 0 Å². The molecule has 30 heavy (non-hydrogen) atoms. The lowest BCUT2D eigenvalue weighted by Crippen LogP contribution is -3.28. The number of nitrogens with one attached hydrogen (secondary N) is 3. The van der Waals surface area contributed by atoms with Gasteiger partial charge in [-0.3, -0.25) is 9.59 Å². The van der Waals surface area contributed by atoms with Crippen LogP contribution in [0.25, 0.3) is 0 Å². The van der Waals surface area contributed by atoms with E-state index in [0.717, 1.165) is 36.6 Å². The van der Waals surface area contributed by atoms with Crippen LogP contribution in [0.5, 0.6) is 0 Å². The summed E-state index contributed by atoms with van der Waals surface area (Å²) in [6, 6.07) is 12.0. The van der Waals surface area contributed by atoms with Crippen LogP contribution >= 0.6 is 0 Å². The van der Waals surface area contributed by atoms with E-state index in [1.807, 2.05) is 0 Å². The first-order valence-electron chi connectivity index (χ1n) is 10.1. The quantitative estimate of drug-likeness (QED) is 0.560. The summed E-state index contributed by atoms with van der Waals surface area (Å²) in [5.41, 5.74) is 1.35. The lowest BCUT2D eigenvalue weighted by atomic mass is 10.2. The molecule has 3 rings (SSSR count). The second-order valence-corrected chi connectivity index (χ2v) is 7.79. The SMILES string of the molecule is CN(Cc1ccc(F)cc1)C(=O)C[NH+]1CC[NH+](CC(=O)Nc2cccc(F)c2)CC1. The molecule has 1 saturated heterocycles. The van der Waals surface area contributed by atoms with Crippen molar-refractivity contribution in [2.24, 2.45) is 0 Å². The van der Waals surface area contributed by atoms with Crippen LogP contribution in [0.4, 0.5) is 14.5 Å². The third kappa shape index (κ3) is 6.60. The van der Waals surface area contributed by atoms with E-state index in [2.05, 4.69) is 5.32 Å². The maximum Gasteiger partial charge on any atom is 0.279 e. The molecule has 6 nitrogen and oxygen atoms in total. The summed E-state index contributed by atoms with van der Waals surface area (Å²) in [5, 5.41) is 2.72. The number of carbonyl (C=O) groups excluding carboxylic acids is 2. The Morgan fingerprint density at radius 3 is 2.20 bits per heavy atom. The molecule has 2 aromatic carbocycles. The highest BCUT2D eigenvalue weighted by Gasteiger charge is 2.27. The number of nitrogens with zero attached hydrogens (tertiary/aromatic N) is 1. The number of piperazine rings is 1. The van der Waals surface area contributed by atoms with Gasteiger partial charge < -0.3 is 20.0 Å². The molecule has 0 aromatic heterocycles. The van der Waals surface area contributed by atoms with Crippen LogP contribution in [0.1, 0.15) is 5.56 Å². The van der Waals surface area contributed by atoms with E-state index in [9.17, 15) is 18.4 Å². The Bertz CT molecular complexity index is 868. The minimum absolute atomic E-state index is 0.0432. The van der Waals surface area contributed by atoms with Crippen LogP contribution in [0.2, 0.25) is 0 Å².